The van der Waals surface area contributed by atoms with Crippen molar-refractivity contribution in [3.63, 3.8) is 0 Å². The molecule has 1 unspecified atom stereocenters. The Bertz CT molecular complexity index is 2130. The number of ether oxygens (including phenoxy) is 1. The van der Waals surface area contributed by atoms with Crippen LogP contribution in [-0.2, 0) is 30.9 Å². The number of amides is 2. The van der Waals surface area contributed by atoms with E-state index in [0.717, 1.165) is 24.6 Å². The lowest BCUT2D eigenvalue weighted by Crippen LogP contribution is -2.46. The second-order valence-corrected chi connectivity index (χ2v) is 13.2. The van der Waals surface area contributed by atoms with Crippen molar-refractivity contribution in [1.29, 1.82) is 0 Å². The lowest BCUT2D eigenvalue weighted by atomic mass is 9.93. The summed E-state index contributed by atoms with van der Waals surface area (Å²) >= 11 is 0. The van der Waals surface area contributed by atoms with Crippen LogP contribution < -0.4 is 15.5 Å². The first-order valence-electron chi connectivity index (χ1n) is 16.8. The Morgan fingerprint density at radius 2 is 1.88 bits per heavy atom. The van der Waals surface area contributed by atoms with Crippen molar-refractivity contribution in [1.82, 2.24) is 34.9 Å². The van der Waals surface area contributed by atoms with Gasteiger partial charge in [0, 0.05) is 42.7 Å². The molecule has 1 atom stereocenters. The van der Waals surface area contributed by atoms with E-state index in [4.69, 9.17) is 4.74 Å². The molecule has 2 aromatic carbocycles. The highest BCUT2D eigenvalue weighted by molar-refractivity contribution is 5.96. The summed E-state index contributed by atoms with van der Waals surface area (Å²) in [4.78, 5) is 50.8. The number of hydrogen-bond donors (Lipinski definition) is 2. The molecule has 13 heteroatoms. The van der Waals surface area contributed by atoms with Gasteiger partial charge in [-0.3, -0.25) is 19.5 Å². The number of aromatic nitrogens is 5. The average molecular weight is 682 g/mol. The predicted octanol–water partition coefficient (Wildman–Crippen LogP) is 5.18. The summed E-state index contributed by atoms with van der Waals surface area (Å²) in [6.07, 6.45) is 3.25. The molecule has 2 amide bonds. The maximum absolute atomic E-state index is 15.0. The summed E-state index contributed by atoms with van der Waals surface area (Å²) in [7, 11) is 0. The minimum absolute atomic E-state index is 0.00713. The number of aromatic amines is 1. The van der Waals surface area contributed by atoms with E-state index >= 15 is 4.39 Å². The first kappa shape index (κ1) is 33.1. The van der Waals surface area contributed by atoms with Gasteiger partial charge in [-0.25, -0.2) is 18.7 Å². The van der Waals surface area contributed by atoms with Gasteiger partial charge in [0.25, 0.3) is 5.91 Å². The Morgan fingerprint density at radius 3 is 2.64 bits per heavy atom. The van der Waals surface area contributed by atoms with Crippen LogP contribution in [0.3, 0.4) is 0 Å². The fourth-order valence-corrected chi connectivity index (χ4v) is 6.64. The van der Waals surface area contributed by atoms with E-state index < -0.39 is 17.1 Å². The van der Waals surface area contributed by atoms with Gasteiger partial charge in [-0.2, -0.15) is 5.10 Å². The van der Waals surface area contributed by atoms with Crippen LogP contribution >= 0.6 is 0 Å². The Kier molecular flexibility index (Phi) is 9.13. The molecule has 2 aliphatic rings. The molecule has 1 saturated carbocycles. The van der Waals surface area contributed by atoms with Gasteiger partial charge in [0.05, 0.1) is 24.0 Å². The first-order valence-corrected chi connectivity index (χ1v) is 16.8. The normalized spacial score (nSPS) is 15.0. The van der Waals surface area contributed by atoms with Gasteiger partial charge in [0.2, 0.25) is 11.3 Å². The molecule has 50 heavy (non-hydrogen) atoms. The standard InChI is InChI=1S/C37H37F2N7O4/c1-21(2)45-12-13-46-26(17-31(47)35(34(46)37(45)49)50-20-22-6-4-3-5-7-22)18-40-32(48)15-24(23-8-9-23)14-30-28(39)19-41-36(42-30)33-27-16-25(38)10-11-29(27)43-44-33/h3-7,10-11,16-17,19,21,23-24H,8-9,12-15,18,20H2,1-2H3,(H,40,48)(H,43,44). The lowest BCUT2D eigenvalue weighted by molar-refractivity contribution is -0.122. The van der Waals surface area contributed by atoms with Crippen molar-refractivity contribution in [2.45, 2.75) is 65.3 Å². The molecular weight excluding hydrogens is 644 g/mol. The Hall–Kier alpha value is -5.46. The number of carbonyl (C=O) groups is 2. The summed E-state index contributed by atoms with van der Waals surface area (Å²) in [5.41, 5.74) is 2.17. The Balaban J connectivity index is 1.08. The number of H-pyrrole nitrogens is 1. The SMILES string of the molecule is CC(C)N1CCn2c(CNC(=O)CC(Cc3nc(-c4n[nH]c5ccc(F)cc45)ncc3F)C3CC3)cc(=O)c(OCc3ccccc3)c2C1=O. The van der Waals surface area contributed by atoms with Gasteiger partial charge < -0.3 is 19.5 Å². The molecular formula is C37H37F2N7O4. The number of benzene rings is 2. The van der Waals surface area contributed by atoms with Crippen LogP contribution in [0.1, 0.15) is 60.5 Å². The van der Waals surface area contributed by atoms with Crippen LogP contribution in [0.25, 0.3) is 22.4 Å². The van der Waals surface area contributed by atoms with Gasteiger partial charge in [-0.1, -0.05) is 30.3 Å². The van der Waals surface area contributed by atoms with Crippen molar-refractivity contribution in [2.24, 2.45) is 11.8 Å². The van der Waals surface area contributed by atoms with E-state index in [2.05, 4.69) is 25.5 Å². The number of carbonyl (C=O) groups excluding carboxylic acids is 2. The van der Waals surface area contributed by atoms with Gasteiger partial charge >= 0.3 is 0 Å². The third kappa shape index (κ3) is 6.85. The predicted molar refractivity (Wildman–Crippen MR) is 181 cm³/mol. The van der Waals surface area contributed by atoms with Crippen LogP contribution in [0.5, 0.6) is 5.75 Å². The second kappa shape index (κ2) is 13.8. The number of halogens is 2. The number of hydrogen-bond acceptors (Lipinski definition) is 7. The van der Waals surface area contributed by atoms with E-state index in [0.29, 0.717) is 35.4 Å². The number of rotatable bonds is 12. The van der Waals surface area contributed by atoms with E-state index in [1.165, 1.54) is 18.2 Å². The molecule has 1 aliphatic carbocycles. The van der Waals surface area contributed by atoms with Crippen LogP contribution in [0.2, 0.25) is 0 Å². The zero-order chi connectivity index (χ0) is 34.9. The molecule has 5 aromatic rings. The van der Waals surface area contributed by atoms with Gasteiger partial charge in [-0.15, -0.1) is 0 Å². The molecule has 0 saturated heterocycles. The van der Waals surface area contributed by atoms with Crippen molar-refractivity contribution >= 4 is 22.7 Å². The molecule has 2 N–H and O–H groups in total. The molecule has 0 bridgehead atoms. The summed E-state index contributed by atoms with van der Waals surface area (Å²) in [5.74, 6) is -1.39. The third-order valence-corrected chi connectivity index (χ3v) is 9.44. The van der Waals surface area contributed by atoms with Gasteiger partial charge in [0.15, 0.2) is 23.1 Å². The third-order valence-electron chi connectivity index (χ3n) is 9.44. The maximum atomic E-state index is 15.0. The molecule has 11 nitrogen and oxygen atoms in total. The summed E-state index contributed by atoms with van der Waals surface area (Å²) in [5, 5.41) is 10.5. The average Bonchev–Trinajstić information content (AvgIpc) is 3.87. The first-order chi connectivity index (χ1) is 24.2. The molecule has 7 rings (SSSR count). The zero-order valence-electron chi connectivity index (χ0n) is 27.8. The number of pyridine rings is 1. The Morgan fingerprint density at radius 1 is 1.08 bits per heavy atom. The van der Waals surface area contributed by atoms with Crippen molar-refractivity contribution in [3.05, 3.63) is 105 Å². The van der Waals surface area contributed by atoms with Crippen LogP contribution in [0, 0.1) is 23.5 Å². The molecule has 1 fully saturated rings. The number of nitrogens with zero attached hydrogens (tertiary/aromatic N) is 5. The van der Waals surface area contributed by atoms with Crippen LogP contribution in [-0.4, -0.2) is 54.0 Å². The minimum Gasteiger partial charge on any atom is -0.483 e. The van der Waals surface area contributed by atoms with Crippen molar-refractivity contribution in [3.8, 4) is 17.3 Å². The molecule has 0 spiro atoms. The van der Waals surface area contributed by atoms with E-state index in [1.807, 2.05) is 44.2 Å². The fraction of sp³-hybridized carbons (Fsp3) is 0.351. The fourth-order valence-electron chi connectivity index (χ4n) is 6.64. The van der Waals surface area contributed by atoms with Crippen LogP contribution in [0.15, 0.2) is 65.6 Å². The van der Waals surface area contributed by atoms with E-state index in [1.54, 1.807) is 15.5 Å². The topological polar surface area (TPSA) is 135 Å². The summed E-state index contributed by atoms with van der Waals surface area (Å²) < 4.78 is 36.8. The largest absolute Gasteiger partial charge is 0.483 e. The molecule has 258 valence electrons. The van der Waals surface area contributed by atoms with Gasteiger partial charge in [0.1, 0.15) is 18.1 Å². The molecule has 3 aromatic heterocycles. The maximum Gasteiger partial charge on any atom is 0.274 e. The summed E-state index contributed by atoms with van der Waals surface area (Å²) in [6.45, 7) is 4.88. The lowest BCUT2D eigenvalue weighted by Gasteiger charge is -2.35. The molecule has 4 heterocycles. The monoisotopic (exact) mass is 681 g/mol. The van der Waals surface area contributed by atoms with Crippen molar-refractivity contribution in [2.75, 3.05) is 6.54 Å². The Labute approximate surface area is 286 Å². The minimum atomic E-state index is -0.591. The highest BCUT2D eigenvalue weighted by Gasteiger charge is 2.35. The second-order valence-electron chi connectivity index (χ2n) is 13.2. The van der Waals surface area contributed by atoms with Crippen LogP contribution in [0.4, 0.5) is 8.78 Å². The van der Waals surface area contributed by atoms with Gasteiger partial charge in [-0.05, 0) is 68.7 Å². The van der Waals surface area contributed by atoms with E-state index in [9.17, 15) is 18.8 Å². The summed E-state index contributed by atoms with van der Waals surface area (Å²) in [6, 6.07) is 14.9. The smallest absolute Gasteiger partial charge is 0.274 e. The highest BCUT2D eigenvalue weighted by atomic mass is 19.1. The quantitative estimate of drug-likeness (QED) is 0.185. The molecule has 1 aliphatic heterocycles. The zero-order valence-corrected chi connectivity index (χ0v) is 27.8. The van der Waals surface area contributed by atoms with E-state index in [-0.39, 0.29) is 78.6 Å². The number of nitrogens with one attached hydrogen (secondary N) is 2. The van der Waals surface area contributed by atoms with Crippen molar-refractivity contribution < 1.29 is 23.1 Å². The molecule has 0 radical (unpaired) electrons. The number of fused-ring (bicyclic) bond motifs is 2. The highest BCUT2D eigenvalue weighted by Crippen LogP contribution is 2.40.